The zero-order chi connectivity index (χ0) is 14.8. The lowest BCUT2D eigenvalue weighted by Gasteiger charge is -2.20. The van der Waals surface area contributed by atoms with E-state index in [2.05, 4.69) is 0 Å². The van der Waals surface area contributed by atoms with Gasteiger partial charge in [-0.15, -0.1) is 0 Å². The van der Waals surface area contributed by atoms with Crippen LogP contribution < -0.4 is 5.73 Å². The Hall–Kier alpha value is -0.630. The van der Waals surface area contributed by atoms with Gasteiger partial charge < -0.3 is 5.73 Å². The van der Waals surface area contributed by atoms with Crippen LogP contribution in [0.5, 0.6) is 0 Å². The van der Waals surface area contributed by atoms with Crippen molar-refractivity contribution in [2.24, 2.45) is 5.73 Å². The molecule has 0 unspecified atom stereocenters. The number of rotatable bonds is 3. The first-order valence-corrected chi connectivity index (χ1v) is 9.41. The van der Waals surface area contributed by atoms with E-state index < -0.39 is 10.0 Å². The minimum atomic E-state index is -3.41. The molecule has 2 N–H and O–H groups in total. The Morgan fingerprint density at radius 3 is 2.75 bits per heavy atom. The van der Waals surface area contributed by atoms with Crippen molar-refractivity contribution < 1.29 is 8.42 Å². The number of aryl methyl sites for hydroxylation is 1. The molecule has 1 fully saturated rings. The summed E-state index contributed by atoms with van der Waals surface area (Å²) in [6.07, 6.45) is 0.897. The summed E-state index contributed by atoms with van der Waals surface area (Å²) in [7, 11) is -3.41. The molecule has 2 rings (SSSR count). The molecular weight excluding hydrogens is 312 g/mol. The van der Waals surface area contributed by atoms with Crippen molar-refractivity contribution in [2.75, 3.05) is 24.6 Å². The Labute approximate surface area is 129 Å². The van der Waals surface area contributed by atoms with Crippen LogP contribution in [0.2, 0.25) is 0 Å². The van der Waals surface area contributed by atoms with Crippen LogP contribution in [0.3, 0.4) is 0 Å². The fourth-order valence-electron chi connectivity index (χ4n) is 2.19. The van der Waals surface area contributed by atoms with E-state index in [1.807, 2.05) is 6.92 Å². The van der Waals surface area contributed by atoms with Crippen LogP contribution in [-0.4, -0.2) is 42.3 Å². The van der Waals surface area contributed by atoms with E-state index >= 15 is 0 Å². The van der Waals surface area contributed by atoms with Crippen LogP contribution in [-0.2, 0) is 10.0 Å². The first-order chi connectivity index (χ1) is 9.43. The highest BCUT2D eigenvalue weighted by atomic mass is 32.2. The van der Waals surface area contributed by atoms with E-state index in [0.29, 0.717) is 18.0 Å². The Balaban J connectivity index is 2.34. The molecule has 1 heterocycles. The highest BCUT2D eigenvalue weighted by Gasteiger charge is 2.25. The van der Waals surface area contributed by atoms with Crippen molar-refractivity contribution >= 4 is 39.0 Å². The number of hydrogen-bond acceptors (Lipinski definition) is 4. The summed E-state index contributed by atoms with van der Waals surface area (Å²) in [5.74, 6) is 1.87. The van der Waals surface area contributed by atoms with E-state index in [4.69, 9.17) is 18.0 Å². The molecule has 0 radical (unpaired) electrons. The van der Waals surface area contributed by atoms with Gasteiger partial charge in [0.05, 0.1) is 4.90 Å². The molecule has 0 aliphatic carbocycles. The van der Waals surface area contributed by atoms with Gasteiger partial charge in [-0.3, -0.25) is 0 Å². The van der Waals surface area contributed by atoms with Crippen molar-refractivity contribution in [1.82, 2.24) is 4.31 Å². The van der Waals surface area contributed by atoms with Crippen molar-refractivity contribution in [3.05, 3.63) is 29.3 Å². The fourth-order valence-corrected chi connectivity index (χ4v) is 4.98. The number of nitrogens with zero attached hydrogens (tertiary/aromatic N) is 1. The summed E-state index contributed by atoms with van der Waals surface area (Å²) in [5.41, 5.74) is 7.13. The van der Waals surface area contributed by atoms with Crippen LogP contribution in [0.15, 0.2) is 23.1 Å². The Morgan fingerprint density at radius 2 is 2.10 bits per heavy atom. The van der Waals surface area contributed by atoms with Gasteiger partial charge in [0.1, 0.15) is 4.99 Å². The minimum absolute atomic E-state index is 0.289. The summed E-state index contributed by atoms with van der Waals surface area (Å²) in [4.78, 5) is 0.611. The number of nitrogens with two attached hydrogens (primary N) is 1. The lowest BCUT2D eigenvalue weighted by Crippen LogP contribution is -2.33. The van der Waals surface area contributed by atoms with Gasteiger partial charge in [-0.1, -0.05) is 18.3 Å². The van der Waals surface area contributed by atoms with E-state index in [0.717, 1.165) is 29.1 Å². The number of sulfonamides is 1. The molecule has 1 aromatic rings. The zero-order valence-electron chi connectivity index (χ0n) is 11.3. The minimum Gasteiger partial charge on any atom is -0.389 e. The fraction of sp³-hybridized carbons (Fsp3) is 0.462. The van der Waals surface area contributed by atoms with E-state index in [-0.39, 0.29) is 4.99 Å². The van der Waals surface area contributed by atoms with Crippen molar-refractivity contribution in [2.45, 2.75) is 18.2 Å². The molecule has 0 bridgehead atoms. The summed E-state index contributed by atoms with van der Waals surface area (Å²) >= 11 is 6.75. The van der Waals surface area contributed by atoms with Gasteiger partial charge in [0.2, 0.25) is 10.0 Å². The van der Waals surface area contributed by atoms with Gasteiger partial charge in [0, 0.05) is 24.4 Å². The van der Waals surface area contributed by atoms with Crippen molar-refractivity contribution in [3.63, 3.8) is 0 Å². The largest absolute Gasteiger partial charge is 0.389 e. The van der Waals surface area contributed by atoms with E-state index in [1.54, 1.807) is 34.3 Å². The van der Waals surface area contributed by atoms with Gasteiger partial charge in [-0.05, 0) is 36.8 Å². The third-order valence-electron chi connectivity index (χ3n) is 3.28. The van der Waals surface area contributed by atoms with Gasteiger partial charge in [0.25, 0.3) is 0 Å². The molecule has 0 atom stereocenters. The first-order valence-electron chi connectivity index (χ1n) is 6.41. The number of thioether (sulfide) groups is 1. The second-order valence-electron chi connectivity index (χ2n) is 4.71. The van der Waals surface area contributed by atoms with Crippen LogP contribution in [0.25, 0.3) is 0 Å². The molecule has 0 amide bonds. The van der Waals surface area contributed by atoms with Gasteiger partial charge >= 0.3 is 0 Å². The van der Waals surface area contributed by atoms with Crippen LogP contribution in [0.1, 0.15) is 17.5 Å². The zero-order valence-corrected chi connectivity index (χ0v) is 13.8. The number of hydrogen-bond donors (Lipinski definition) is 1. The van der Waals surface area contributed by atoms with Crippen molar-refractivity contribution in [3.8, 4) is 0 Å². The topological polar surface area (TPSA) is 63.4 Å². The number of thiocarbonyl (C=S) groups is 1. The Morgan fingerprint density at radius 1 is 1.35 bits per heavy atom. The molecule has 20 heavy (non-hydrogen) atoms. The quantitative estimate of drug-likeness (QED) is 0.856. The van der Waals surface area contributed by atoms with Crippen LogP contribution in [0, 0.1) is 6.92 Å². The highest BCUT2D eigenvalue weighted by Crippen LogP contribution is 2.22. The van der Waals surface area contributed by atoms with E-state index in [1.165, 1.54) is 0 Å². The smallest absolute Gasteiger partial charge is 0.243 e. The first kappa shape index (κ1) is 15.8. The molecule has 1 aliphatic heterocycles. The second kappa shape index (κ2) is 6.43. The maximum Gasteiger partial charge on any atom is 0.243 e. The molecule has 0 saturated carbocycles. The van der Waals surface area contributed by atoms with Gasteiger partial charge in [0.15, 0.2) is 0 Å². The summed E-state index contributed by atoms with van der Waals surface area (Å²) in [6, 6.07) is 4.94. The molecule has 0 aromatic heterocycles. The van der Waals surface area contributed by atoms with Crippen LogP contribution in [0.4, 0.5) is 0 Å². The monoisotopic (exact) mass is 330 g/mol. The third kappa shape index (κ3) is 3.33. The summed E-state index contributed by atoms with van der Waals surface area (Å²) in [5, 5.41) is 0. The normalized spacial score (nSPS) is 17.6. The van der Waals surface area contributed by atoms with Gasteiger partial charge in [-0.2, -0.15) is 16.1 Å². The second-order valence-corrected chi connectivity index (χ2v) is 8.31. The SMILES string of the molecule is Cc1cc(S(=O)(=O)N2CCCSCC2)ccc1C(N)=S. The molecule has 7 heteroatoms. The maximum absolute atomic E-state index is 12.6. The van der Waals surface area contributed by atoms with E-state index in [9.17, 15) is 8.42 Å². The lowest BCUT2D eigenvalue weighted by molar-refractivity contribution is 0.435. The lowest BCUT2D eigenvalue weighted by atomic mass is 10.1. The molecule has 1 aromatic carbocycles. The highest BCUT2D eigenvalue weighted by molar-refractivity contribution is 7.99. The third-order valence-corrected chi connectivity index (χ3v) is 6.45. The summed E-state index contributed by atoms with van der Waals surface area (Å²) < 4.78 is 26.8. The molecule has 0 spiro atoms. The average molecular weight is 330 g/mol. The predicted octanol–water partition coefficient (Wildman–Crippen LogP) is 1.76. The molecule has 4 nitrogen and oxygen atoms in total. The summed E-state index contributed by atoms with van der Waals surface area (Å²) in [6.45, 7) is 2.99. The molecule has 1 aliphatic rings. The van der Waals surface area contributed by atoms with Crippen molar-refractivity contribution in [1.29, 1.82) is 0 Å². The Kier molecular flexibility index (Phi) is 5.06. The molecule has 110 valence electrons. The average Bonchev–Trinajstić information content (AvgIpc) is 2.67. The standard InChI is InChI=1S/C13H18N2O2S3/c1-10-9-11(3-4-12(10)13(14)18)20(16,17)15-5-2-7-19-8-6-15/h3-4,9H,2,5-8H2,1H3,(H2,14,18). The van der Waals surface area contributed by atoms with Gasteiger partial charge in [-0.25, -0.2) is 8.42 Å². The predicted molar refractivity (Wildman–Crippen MR) is 87.8 cm³/mol. The molecular formula is C13H18N2O2S3. The number of benzene rings is 1. The maximum atomic E-state index is 12.6. The molecule has 1 saturated heterocycles. The van der Waals surface area contributed by atoms with Crippen LogP contribution >= 0.6 is 24.0 Å². The Bertz CT molecular complexity index is 606.